The zero-order valence-corrected chi connectivity index (χ0v) is 14.6. The molecule has 0 fully saturated rings. The molecule has 3 rings (SSSR count). The van der Waals surface area contributed by atoms with Gasteiger partial charge in [-0.25, -0.2) is 13.1 Å². The van der Waals surface area contributed by atoms with Gasteiger partial charge in [-0.2, -0.15) is 0 Å². The molecule has 0 radical (unpaired) electrons. The molecule has 0 atom stereocenters. The molecule has 0 unspecified atom stereocenters. The highest BCUT2D eigenvalue weighted by molar-refractivity contribution is 7.89. The first-order valence-electron chi connectivity index (χ1n) is 8.16. The molecule has 0 aliphatic rings. The summed E-state index contributed by atoms with van der Waals surface area (Å²) in [5.74, 6) is 0.0328. The van der Waals surface area contributed by atoms with Crippen molar-refractivity contribution in [1.82, 2.24) is 9.71 Å². The van der Waals surface area contributed by atoms with Crippen molar-refractivity contribution in [1.29, 1.82) is 0 Å². The predicted molar refractivity (Wildman–Crippen MR) is 100 cm³/mol. The normalized spacial score (nSPS) is 11.7. The second-order valence-corrected chi connectivity index (χ2v) is 7.84. The molecule has 2 N–H and O–H groups in total. The van der Waals surface area contributed by atoms with E-state index in [0.717, 1.165) is 16.5 Å². The molecule has 0 spiro atoms. The van der Waals surface area contributed by atoms with Crippen LogP contribution in [0.15, 0.2) is 65.5 Å². The number of nitrogens with one attached hydrogen (secondary N) is 2. The Hall–Kier alpha value is -2.44. The van der Waals surface area contributed by atoms with Crippen LogP contribution in [0, 0.1) is 0 Å². The number of para-hydroxylation sites is 1. The van der Waals surface area contributed by atoms with Crippen LogP contribution in [0.2, 0.25) is 0 Å². The minimum absolute atomic E-state index is 0.0328. The van der Waals surface area contributed by atoms with Gasteiger partial charge in [0.25, 0.3) is 5.56 Å². The SMILES string of the molecule is O=c1[nH]c2ccccc2cc1CCNS(=O)(=O)CCc1ccccc1. The zero-order valence-electron chi connectivity index (χ0n) is 13.7. The number of aromatic amines is 1. The largest absolute Gasteiger partial charge is 0.322 e. The molecule has 0 aliphatic carbocycles. The molecule has 1 heterocycles. The number of aromatic nitrogens is 1. The Balaban J connectivity index is 1.58. The van der Waals surface area contributed by atoms with Crippen molar-refractivity contribution in [2.24, 2.45) is 0 Å². The van der Waals surface area contributed by atoms with Crippen molar-refractivity contribution in [3.8, 4) is 0 Å². The maximum absolute atomic E-state index is 12.1. The summed E-state index contributed by atoms with van der Waals surface area (Å²) in [5, 5.41) is 0.934. The van der Waals surface area contributed by atoms with E-state index in [1.54, 1.807) is 0 Å². The summed E-state index contributed by atoms with van der Waals surface area (Å²) in [4.78, 5) is 14.9. The average Bonchev–Trinajstić information content (AvgIpc) is 2.61. The topological polar surface area (TPSA) is 79.0 Å². The molecule has 25 heavy (non-hydrogen) atoms. The Bertz CT molecular complexity index is 1010. The van der Waals surface area contributed by atoms with Gasteiger partial charge in [-0.05, 0) is 35.9 Å². The van der Waals surface area contributed by atoms with Gasteiger partial charge in [0.2, 0.25) is 10.0 Å². The monoisotopic (exact) mass is 356 g/mol. The third-order valence-electron chi connectivity index (χ3n) is 4.05. The molecule has 5 nitrogen and oxygen atoms in total. The number of aryl methyl sites for hydroxylation is 1. The van der Waals surface area contributed by atoms with Gasteiger partial charge in [-0.3, -0.25) is 4.79 Å². The molecule has 2 aromatic carbocycles. The second-order valence-electron chi connectivity index (χ2n) is 5.91. The number of benzene rings is 2. The summed E-state index contributed by atoms with van der Waals surface area (Å²) in [6.07, 6.45) is 0.817. The van der Waals surface area contributed by atoms with E-state index >= 15 is 0 Å². The van der Waals surface area contributed by atoms with Crippen molar-refractivity contribution in [3.05, 3.63) is 82.1 Å². The summed E-state index contributed by atoms with van der Waals surface area (Å²) in [6.45, 7) is 0.207. The molecule has 130 valence electrons. The summed E-state index contributed by atoms with van der Waals surface area (Å²) in [5.41, 5.74) is 2.16. The molecular formula is C19H20N2O3S. The van der Waals surface area contributed by atoms with Crippen LogP contribution in [0.5, 0.6) is 0 Å². The van der Waals surface area contributed by atoms with Crippen LogP contribution in [-0.4, -0.2) is 25.7 Å². The third kappa shape index (κ3) is 4.78. The van der Waals surface area contributed by atoms with Crippen LogP contribution in [0.1, 0.15) is 11.1 Å². The van der Waals surface area contributed by atoms with Crippen LogP contribution in [-0.2, 0) is 22.9 Å². The Morgan fingerprint density at radius 3 is 2.44 bits per heavy atom. The van der Waals surface area contributed by atoms with Gasteiger partial charge in [-0.15, -0.1) is 0 Å². The van der Waals surface area contributed by atoms with E-state index in [0.29, 0.717) is 18.4 Å². The lowest BCUT2D eigenvalue weighted by Gasteiger charge is -2.07. The Kier molecular flexibility index (Phi) is 5.31. The molecule has 6 heteroatoms. The fraction of sp³-hybridized carbons (Fsp3) is 0.211. The van der Waals surface area contributed by atoms with Gasteiger partial charge in [0.05, 0.1) is 5.75 Å². The Labute approximate surface area is 146 Å². The van der Waals surface area contributed by atoms with Crippen LogP contribution in [0.3, 0.4) is 0 Å². The lowest BCUT2D eigenvalue weighted by atomic mass is 10.1. The number of sulfonamides is 1. The van der Waals surface area contributed by atoms with E-state index in [1.807, 2.05) is 60.7 Å². The van der Waals surface area contributed by atoms with Crippen LogP contribution >= 0.6 is 0 Å². The zero-order chi connectivity index (χ0) is 17.7. The lowest BCUT2D eigenvalue weighted by molar-refractivity contribution is 0.580. The fourth-order valence-electron chi connectivity index (χ4n) is 2.69. The molecule has 0 saturated carbocycles. The molecule has 0 bridgehead atoms. The maximum Gasteiger partial charge on any atom is 0.251 e. The highest BCUT2D eigenvalue weighted by atomic mass is 32.2. The number of rotatable bonds is 7. The van der Waals surface area contributed by atoms with E-state index in [9.17, 15) is 13.2 Å². The first-order chi connectivity index (χ1) is 12.0. The second kappa shape index (κ2) is 7.63. The third-order valence-corrected chi connectivity index (χ3v) is 5.43. The Morgan fingerprint density at radius 2 is 1.64 bits per heavy atom. The van der Waals surface area contributed by atoms with E-state index in [1.165, 1.54) is 0 Å². The lowest BCUT2D eigenvalue weighted by Crippen LogP contribution is -2.30. The fourth-order valence-corrected chi connectivity index (χ4v) is 3.75. The quantitative estimate of drug-likeness (QED) is 0.681. The molecular weight excluding hydrogens is 336 g/mol. The standard InChI is InChI=1S/C19H20N2O3S/c22-19-17(14-16-8-4-5-9-18(16)21-19)10-12-20-25(23,24)13-11-15-6-2-1-3-7-15/h1-9,14,20H,10-13H2,(H,21,22). The van der Waals surface area contributed by atoms with Crippen LogP contribution in [0.25, 0.3) is 10.9 Å². The number of pyridine rings is 1. The summed E-state index contributed by atoms with van der Waals surface area (Å²) >= 11 is 0. The van der Waals surface area contributed by atoms with Gasteiger partial charge < -0.3 is 4.98 Å². The highest BCUT2D eigenvalue weighted by Crippen LogP contribution is 2.10. The molecule has 1 aromatic heterocycles. The highest BCUT2D eigenvalue weighted by Gasteiger charge is 2.11. The van der Waals surface area contributed by atoms with Gasteiger partial charge in [0, 0.05) is 17.6 Å². The maximum atomic E-state index is 12.1. The minimum atomic E-state index is -3.37. The molecule has 0 saturated heterocycles. The minimum Gasteiger partial charge on any atom is -0.322 e. The molecule has 0 amide bonds. The first kappa shape index (κ1) is 17.4. The Morgan fingerprint density at radius 1 is 0.920 bits per heavy atom. The summed E-state index contributed by atoms with van der Waals surface area (Å²) < 4.78 is 26.8. The molecule has 0 aliphatic heterocycles. The number of hydrogen-bond acceptors (Lipinski definition) is 3. The predicted octanol–water partition coefficient (Wildman–Crippen LogP) is 2.23. The summed E-state index contributed by atoms with van der Waals surface area (Å²) in [6, 6.07) is 18.8. The van der Waals surface area contributed by atoms with E-state index in [4.69, 9.17) is 0 Å². The van der Waals surface area contributed by atoms with E-state index in [2.05, 4.69) is 9.71 Å². The average molecular weight is 356 g/mol. The number of hydrogen-bond donors (Lipinski definition) is 2. The van der Waals surface area contributed by atoms with E-state index < -0.39 is 10.0 Å². The first-order valence-corrected chi connectivity index (χ1v) is 9.81. The van der Waals surface area contributed by atoms with E-state index in [-0.39, 0.29) is 17.9 Å². The molecule has 3 aromatic rings. The van der Waals surface area contributed by atoms with Gasteiger partial charge in [0.1, 0.15) is 0 Å². The summed E-state index contributed by atoms with van der Waals surface area (Å²) in [7, 11) is -3.37. The van der Waals surface area contributed by atoms with Gasteiger partial charge in [-0.1, -0.05) is 48.5 Å². The van der Waals surface area contributed by atoms with Crippen molar-refractivity contribution >= 4 is 20.9 Å². The van der Waals surface area contributed by atoms with Crippen LogP contribution < -0.4 is 10.3 Å². The van der Waals surface area contributed by atoms with Crippen molar-refractivity contribution in [2.45, 2.75) is 12.8 Å². The van der Waals surface area contributed by atoms with Crippen molar-refractivity contribution < 1.29 is 8.42 Å². The van der Waals surface area contributed by atoms with Gasteiger partial charge >= 0.3 is 0 Å². The smallest absolute Gasteiger partial charge is 0.251 e. The van der Waals surface area contributed by atoms with Crippen LogP contribution in [0.4, 0.5) is 0 Å². The number of fused-ring (bicyclic) bond motifs is 1. The van der Waals surface area contributed by atoms with Gasteiger partial charge in [0.15, 0.2) is 0 Å². The van der Waals surface area contributed by atoms with Crippen molar-refractivity contribution in [3.63, 3.8) is 0 Å². The van der Waals surface area contributed by atoms with Crippen molar-refractivity contribution in [2.75, 3.05) is 12.3 Å². The number of H-pyrrole nitrogens is 1.